The second kappa shape index (κ2) is 7.70. The summed E-state index contributed by atoms with van der Waals surface area (Å²) < 4.78 is 5.98. The van der Waals surface area contributed by atoms with Gasteiger partial charge in [0.05, 0.1) is 18.5 Å². The van der Waals surface area contributed by atoms with Crippen molar-refractivity contribution >= 4 is 5.82 Å². The van der Waals surface area contributed by atoms with Crippen LogP contribution in [-0.4, -0.2) is 35.8 Å². The van der Waals surface area contributed by atoms with Gasteiger partial charge >= 0.3 is 0 Å². The van der Waals surface area contributed by atoms with Gasteiger partial charge in [0.15, 0.2) is 5.69 Å². The van der Waals surface area contributed by atoms with Crippen molar-refractivity contribution < 1.29 is 4.74 Å². The minimum atomic E-state index is 0.253. The fourth-order valence-corrected chi connectivity index (χ4v) is 2.79. The highest BCUT2D eigenvalue weighted by Crippen LogP contribution is 2.19. The molecule has 3 rings (SSSR count). The van der Waals surface area contributed by atoms with Crippen LogP contribution >= 0.6 is 0 Å². The van der Waals surface area contributed by atoms with Crippen LogP contribution in [0, 0.1) is 11.3 Å². The Balaban J connectivity index is 1.40. The lowest BCUT2D eigenvalue weighted by Gasteiger charge is -2.17. The molecule has 1 fully saturated rings. The van der Waals surface area contributed by atoms with Crippen LogP contribution in [0.5, 0.6) is 0 Å². The lowest BCUT2D eigenvalue weighted by molar-refractivity contribution is 0.0666. The molecule has 1 aliphatic rings. The summed E-state index contributed by atoms with van der Waals surface area (Å²) in [4.78, 5) is 10.5. The average Bonchev–Trinajstić information content (AvgIpc) is 3.09. The molecular weight excluding hydrogens is 288 g/mol. The SMILES string of the molecule is N#Cc1cnc(N2CCC(OCCCc3ccccc3)C2)cn1. The molecular formula is C18H20N4O. The maximum absolute atomic E-state index is 8.75. The Kier molecular flexibility index (Phi) is 5.17. The highest BCUT2D eigenvalue weighted by molar-refractivity contribution is 5.38. The van der Waals surface area contributed by atoms with Crippen LogP contribution in [0.4, 0.5) is 5.82 Å². The third-order valence-electron chi connectivity index (χ3n) is 4.03. The zero-order valence-corrected chi connectivity index (χ0v) is 13.1. The highest BCUT2D eigenvalue weighted by Gasteiger charge is 2.24. The first-order valence-electron chi connectivity index (χ1n) is 7.98. The average molecular weight is 308 g/mol. The van der Waals surface area contributed by atoms with E-state index in [0.29, 0.717) is 5.69 Å². The predicted octanol–water partition coefficient (Wildman–Crippen LogP) is 2.58. The molecule has 1 aromatic heterocycles. The number of aromatic nitrogens is 2. The van der Waals surface area contributed by atoms with E-state index in [4.69, 9.17) is 10.00 Å². The molecule has 0 amide bonds. The monoisotopic (exact) mass is 308 g/mol. The smallest absolute Gasteiger partial charge is 0.158 e. The van der Waals surface area contributed by atoms with Crippen molar-refractivity contribution in [2.45, 2.75) is 25.4 Å². The van der Waals surface area contributed by atoms with E-state index in [1.54, 1.807) is 6.20 Å². The predicted molar refractivity (Wildman–Crippen MR) is 88.1 cm³/mol. The first-order valence-corrected chi connectivity index (χ1v) is 7.98. The van der Waals surface area contributed by atoms with E-state index in [2.05, 4.69) is 39.1 Å². The van der Waals surface area contributed by atoms with Crippen LogP contribution < -0.4 is 4.90 Å². The third kappa shape index (κ3) is 4.27. The molecule has 0 aliphatic carbocycles. The van der Waals surface area contributed by atoms with Gasteiger partial charge in [-0.1, -0.05) is 30.3 Å². The maximum atomic E-state index is 8.75. The fraction of sp³-hybridized carbons (Fsp3) is 0.389. The van der Waals surface area contributed by atoms with Crippen molar-refractivity contribution in [3.63, 3.8) is 0 Å². The number of rotatable bonds is 6. The van der Waals surface area contributed by atoms with E-state index in [1.807, 2.05) is 12.1 Å². The Morgan fingerprint density at radius 3 is 2.83 bits per heavy atom. The summed E-state index contributed by atoms with van der Waals surface area (Å²) >= 11 is 0. The van der Waals surface area contributed by atoms with Crippen molar-refractivity contribution in [3.8, 4) is 6.07 Å². The molecule has 5 heteroatoms. The number of nitriles is 1. The summed E-state index contributed by atoms with van der Waals surface area (Å²) in [6.07, 6.45) is 6.53. The van der Waals surface area contributed by atoms with Crippen molar-refractivity contribution in [2.24, 2.45) is 0 Å². The normalized spacial score (nSPS) is 17.2. The summed E-state index contributed by atoms with van der Waals surface area (Å²) in [7, 11) is 0. The van der Waals surface area contributed by atoms with Gasteiger partial charge in [0, 0.05) is 19.7 Å². The molecule has 5 nitrogen and oxygen atoms in total. The van der Waals surface area contributed by atoms with E-state index >= 15 is 0 Å². The topological polar surface area (TPSA) is 62.0 Å². The van der Waals surface area contributed by atoms with Gasteiger partial charge in [-0.2, -0.15) is 5.26 Å². The summed E-state index contributed by atoms with van der Waals surface area (Å²) in [5, 5.41) is 8.75. The molecule has 1 saturated heterocycles. The van der Waals surface area contributed by atoms with Crippen molar-refractivity contribution in [3.05, 3.63) is 54.0 Å². The number of nitrogens with zero attached hydrogens (tertiary/aromatic N) is 4. The lowest BCUT2D eigenvalue weighted by Crippen LogP contribution is -2.24. The van der Waals surface area contributed by atoms with E-state index in [9.17, 15) is 0 Å². The molecule has 0 N–H and O–H groups in total. The largest absolute Gasteiger partial charge is 0.376 e. The van der Waals surface area contributed by atoms with Gasteiger partial charge in [-0.15, -0.1) is 0 Å². The molecule has 0 bridgehead atoms. The summed E-state index contributed by atoms with van der Waals surface area (Å²) in [5.74, 6) is 0.819. The molecule has 1 unspecified atom stereocenters. The Bertz CT molecular complexity index is 651. The molecule has 0 radical (unpaired) electrons. The quantitative estimate of drug-likeness (QED) is 0.768. The van der Waals surface area contributed by atoms with Gasteiger partial charge in [0.1, 0.15) is 11.9 Å². The maximum Gasteiger partial charge on any atom is 0.158 e. The Morgan fingerprint density at radius 1 is 1.22 bits per heavy atom. The van der Waals surface area contributed by atoms with Crippen LogP contribution in [0.2, 0.25) is 0 Å². The number of benzene rings is 1. The van der Waals surface area contributed by atoms with E-state index in [1.165, 1.54) is 11.8 Å². The second-order valence-electron chi connectivity index (χ2n) is 5.69. The first-order chi connectivity index (χ1) is 11.3. The third-order valence-corrected chi connectivity index (χ3v) is 4.03. The van der Waals surface area contributed by atoms with E-state index < -0.39 is 0 Å². The van der Waals surface area contributed by atoms with Gasteiger partial charge in [-0.05, 0) is 24.8 Å². The Hall–Kier alpha value is -2.45. The standard InChI is InChI=1S/C18H20N4O/c19-11-16-12-21-18(13-20-16)22-9-8-17(14-22)23-10-4-7-15-5-2-1-3-6-15/h1-3,5-6,12-13,17H,4,7-10,14H2. The molecule has 23 heavy (non-hydrogen) atoms. The van der Waals surface area contributed by atoms with E-state index in [-0.39, 0.29) is 6.10 Å². The Morgan fingerprint density at radius 2 is 2.09 bits per heavy atom. The summed E-state index contributed by atoms with van der Waals surface area (Å²) in [6, 6.07) is 12.5. The summed E-state index contributed by atoms with van der Waals surface area (Å²) in [5.41, 5.74) is 1.71. The minimum absolute atomic E-state index is 0.253. The molecule has 118 valence electrons. The molecule has 1 aliphatic heterocycles. The first kappa shape index (κ1) is 15.4. The van der Waals surface area contributed by atoms with Gasteiger partial charge < -0.3 is 9.64 Å². The van der Waals surface area contributed by atoms with Crippen molar-refractivity contribution in [1.29, 1.82) is 5.26 Å². The van der Waals surface area contributed by atoms with Crippen LogP contribution in [0.25, 0.3) is 0 Å². The summed E-state index contributed by atoms with van der Waals surface area (Å²) in [6.45, 7) is 2.54. The van der Waals surface area contributed by atoms with Crippen LogP contribution in [0.3, 0.4) is 0 Å². The van der Waals surface area contributed by atoms with Crippen LogP contribution in [0.1, 0.15) is 24.1 Å². The molecule has 0 saturated carbocycles. The van der Waals surface area contributed by atoms with Crippen LogP contribution in [-0.2, 0) is 11.2 Å². The van der Waals surface area contributed by atoms with Gasteiger partial charge in [0.2, 0.25) is 0 Å². The molecule has 0 spiro atoms. The molecule has 1 atom stereocenters. The number of anilines is 1. The highest BCUT2D eigenvalue weighted by atomic mass is 16.5. The van der Waals surface area contributed by atoms with Crippen molar-refractivity contribution in [1.82, 2.24) is 9.97 Å². The number of ether oxygens (including phenoxy) is 1. The van der Waals surface area contributed by atoms with E-state index in [0.717, 1.165) is 44.8 Å². The zero-order valence-electron chi connectivity index (χ0n) is 13.1. The van der Waals surface area contributed by atoms with Crippen molar-refractivity contribution in [2.75, 3.05) is 24.6 Å². The molecule has 2 heterocycles. The molecule has 1 aromatic carbocycles. The molecule has 2 aromatic rings. The van der Waals surface area contributed by atoms with Crippen LogP contribution in [0.15, 0.2) is 42.7 Å². The van der Waals surface area contributed by atoms with Gasteiger partial charge in [0.25, 0.3) is 0 Å². The number of aryl methyl sites for hydroxylation is 1. The number of hydrogen-bond donors (Lipinski definition) is 0. The second-order valence-corrected chi connectivity index (χ2v) is 5.69. The minimum Gasteiger partial charge on any atom is -0.376 e. The lowest BCUT2D eigenvalue weighted by atomic mass is 10.1. The fourth-order valence-electron chi connectivity index (χ4n) is 2.79. The number of hydrogen-bond acceptors (Lipinski definition) is 5. The zero-order chi connectivity index (χ0) is 15.9. The van der Waals surface area contributed by atoms with Gasteiger partial charge in [-0.25, -0.2) is 9.97 Å². The Labute approximate surface area is 136 Å². The van der Waals surface area contributed by atoms with Gasteiger partial charge in [-0.3, -0.25) is 0 Å².